The smallest absolute Gasteiger partial charge is 0.292 e. The molecule has 1 amide bonds. The van der Waals surface area contributed by atoms with Crippen molar-refractivity contribution in [1.82, 2.24) is 0 Å². The van der Waals surface area contributed by atoms with Crippen LogP contribution in [0.1, 0.15) is 0 Å². The van der Waals surface area contributed by atoms with Crippen LogP contribution >= 0.6 is 0 Å². The van der Waals surface area contributed by atoms with Crippen LogP contribution in [0.25, 0.3) is 0 Å². The second-order valence-electron chi connectivity index (χ2n) is 3.37. The molecule has 1 unspecified atom stereocenters. The molecule has 0 bridgehead atoms. The number of benzene rings is 1. The summed E-state index contributed by atoms with van der Waals surface area (Å²) in [5, 5.41) is 12.9. The van der Waals surface area contributed by atoms with E-state index in [1.54, 1.807) is 0 Å². The molecule has 8 heteroatoms. The van der Waals surface area contributed by atoms with Crippen molar-refractivity contribution in [2.45, 2.75) is 6.10 Å². The summed E-state index contributed by atoms with van der Waals surface area (Å²) in [4.78, 5) is 21.6. The Kier molecular flexibility index (Phi) is 4.69. The molecule has 1 atom stereocenters. The molecular weight excluding hydrogens is 245 g/mol. The molecule has 1 aromatic carbocycles. The zero-order chi connectivity index (χ0) is 13.7. The van der Waals surface area contributed by atoms with E-state index in [2.05, 4.69) is 5.32 Å². The average molecular weight is 257 g/mol. The second kappa shape index (κ2) is 6.03. The Balaban J connectivity index is 2.99. The lowest BCUT2D eigenvalue weighted by Crippen LogP contribution is -2.36. The van der Waals surface area contributed by atoms with Crippen LogP contribution in [0.5, 0.6) is 0 Å². The van der Waals surface area contributed by atoms with Crippen molar-refractivity contribution in [2.24, 2.45) is 5.73 Å². The Morgan fingerprint density at radius 1 is 1.67 bits per heavy atom. The molecule has 0 saturated carbocycles. The highest BCUT2D eigenvalue weighted by atomic mass is 19.1. The van der Waals surface area contributed by atoms with Gasteiger partial charge < -0.3 is 15.8 Å². The largest absolute Gasteiger partial charge is 0.370 e. The molecule has 0 saturated heterocycles. The topological polar surface area (TPSA) is 107 Å². The molecule has 0 aliphatic heterocycles. The molecule has 1 rings (SSSR count). The summed E-state index contributed by atoms with van der Waals surface area (Å²) in [6.45, 7) is -0.0918. The number of rotatable bonds is 5. The van der Waals surface area contributed by atoms with Gasteiger partial charge in [0.2, 0.25) is 0 Å². The molecule has 7 nitrogen and oxygen atoms in total. The van der Waals surface area contributed by atoms with Crippen LogP contribution in [0.4, 0.5) is 15.8 Å². The number of halogens is 1. The van der Waals surface area contributed by atoms with E-state index >= 15 is 0 Å². The van der Waals surface area contributed by atoms with Gasteiger partial charge >= 0.3 is 0 Å². The number of nitro benzene ring substituents is 1. The third-order valence-electron chi connectivity index (χ3n) is 2.20. The SMILES string of the molecule is COC(CN)C(=O)Nc1cc(F)ccc1[N+](=O)[O-]. The Morgan fingerprint density at radius 3 is 2.83 bits per heavy atom. The van der Waals surface area contributed by atoms with Crippen LogP contribution in [0.2, 0.25) is 0 Å². The third kappa shape index (κ3) is 3.22. The van der Waals surface area contributed by atoms with Gasteiger partial charge in [-0.2, -0.15) is 0 Å². The first kappa shape index (κ1) is 14.0. The number of anilines is 1. The van der Waals surface area contributed by atoms with Gasteiger partial charge in [-0.3, -0.25) is 14.9 Å². The molecule has 0 aliphatic rings. The first-order valence-corrected chi connectivity index (χ1v) is 4.97. The van der Waals surface area contributed by atoms with Crippen molar-refractivity contribution in [2.75, 3.05) is 19.0 Å². The summed E-state index contributed by atoms with van der Waals surface area (Å²) in [5.41, 5.74) is 4.63. The minimum atomic E-state index is -0.951. The summed E-state index contributed by atoms with van der Waals surface area (Å²) < 4.78 is 17.8. The van der Waals surface area contributed by atoms with E-state index in [0.717, 1.165) is 18.2 Å². The fourth-order valence-corrected chi connectivity index (χ4v) is 1.29. The van der Waals surface area contributed by atoms with E-state index in [9.17, 15) is 19.3 Å². The van der Waals surface area contributed by atoms with Crippen LogP contribution < -0.4 is 11.1 Å². The van der Waals surface area contributed by atoms with E-state index in [1.165, 1.54) is 7.11 Å². The minimum Gasteiger partial charge on any atom is -0.370 e. The zero-order valence-electron chi connectivity index (χ0n) is 9.55. The highest BCUT2D eigenvalue weighted by Crippen LogP contribution is 2.25. The van der Waals surface area contributed by atoms with Crippen LogP contribution in [-0.2, 0) is 9.53 Å². The maximum Gasteiger partial charge on any atom is 0.292 e. The van der Waals surface area contributed by atoms with Crippen LogP contribution in [0.3, 0.4) is 0 Å². The van der Waals surface area contributed by atoms with Crippen molar-refractivity contribution in [3.05, 3.63) is 34.1 Å². The molecule has 0 fully saturated rings. The summed E-state index contributed by atoms with van der Waals surface area (Å²) >= 11 is 0. The van der Waals surface area contributed by atoms with Gasteiger partial charge in [0.05, 0.1) is 4.92 Å². The van der Waals surface area contributed by atoms with E-state index in [1.807, 2.05) is 0 Å². The fourth-order valence-electron chi connectivity index (χ4n) is 1.29. The lowest BCUT2D eigenvalue weighted by Gasteiger charge is -2.13. The number of hydrogen-bond acceptors (Lipinski definition) is 5. The number of nitrogens with one attached hydrogen (secondary N) is 1. The molecule has 0 heterocycles. The van der Waals surface area contributed by atoms with E-state index in [4.69, 9.17) is 10.5 Å². The number of carbonyl (C=O) groups excluding carboxylic acids is 1. The summed E-state index contributed by atoms with van der Waals surface area (Å²) in [6.07, 6.45) is -0.951. The van der Waals surface area contributed by atoms with E-state index < -0.39 is 28.4 Å². The molecule has 3 N–H and O–H groups in total. The number of nitrogens with two attached hydrogens (primary N) is 1. The van der Waals surface area contributed by atoms with Gasteiger partial charge in [-0.25, -0.2) is 4.39 Å². The molecule has 18 heavy (non-hydrogen) atoms. The molecule has 0 aromatic heterocycles. The van der Waals surface area contributed by atoms with Gasteiger partial charge in [0.15, 0.2) is 0 Å². The maximum absolute atomic E-state index is 13.0. The van der Waals surface area contributed by atoms with Gasteiger partial charge in [-0.1, -0.05) is 0 Å². The molecule has 1 aromatic rings. The predicted molar refractivity (Wildman–Crippen MR) is 61.5 cm³/mol. The van der Waals surface area contributed by atoms with Crippen molar-refractivity contribution < 1.29 is 18.8 Å². The summed E-state index contributed by atoms with van der Waals surface area (Å²) in [6, 6.07) is 2.76. The number of amides is 1. The summed E-state index contributed by atoms with van der Waals surface area (Å²) in [7, 11) is 1.27. The van der Waals surface area contributed by atoms with E-state index in [0.29, 0.717) is 0 Å². The van der Waals surface area contributed by atoms with Gasteiger partial charge in [0.25, 0.3) is 11.6 Å². The van der Waals surface area contributed by atoms with Crippen molar-refractivity contribution in [3.63, 3.8) is 0 Å². The highest BCUT2D eigenvalue weighted by Gasteiger charge is 2.21. The van der Waals surface area contributed by atoms with Crippen LogP contribution in [0, 0.1) is 15.9 Å². The zero-order valence-corrected chi connectivity index (χ0v) is 9.55. The van der Waals surface area contributed by atoms with Crippen molar-refractivity contribution in [3.8, 4) is 0 Å². The van der Waals surface area contributed by atoms with E-state index in [-0.39, 0.29) is 12.2 Å². The Labute approximate surface area is 102 Å². The lowest BCUT2D eigenvalue weighted by molar-refractivity contribution is -0.384. The minimum absolute atomic E-state index is 0.0918. The molecule has 0 radical (unpaired) electrons. The first-order chi connectivity index (χ1) is 8.49. The van der Waals surface area contributed by atoms with Crippen molar-refractivity contribution >= 4 is 17.3 Å². The maximum atomic E-state index is 13.0. The molecular formula is C10H12FN3O4. The summed E-state index contributed by atoms with van der Waals surface area (Å²) in [5.74, 6) is -1.37. The number of ether oxygens (including phenoxy) is 1. The monoisotopic (exact) mass is 257 g/mol. The second-order valence-corrected chi connectivity index (χ2v) is 3.37. The van der Waals surface area contributed by atoms with Crippen LogP contribution in [0.15, 0.2) is 18.2 Å². The van der Waals surface area contributed by atoms with Crippen molar-refractivity contribution in [1.29, 1.82) is 0 Å². The van der Waals surface area contributed by atoms with Gasteiger partial charge in [-0.05, 0) is 6.07 Å². The predicted octanol–water partition coefficient (Wildman–Crippen LogP) is 0.646. The quantitative estimate of drug-likeness (QED) is 0.594. The fraction of sp³-hybridized carbons (Fsp3) is 0.300. The van der Waals surface area contributed by atoms with Gasteiger partial charge in [0.1, 0.15) is 17.6 Å². The van der Waals surface area contributed by atoms with Crippen LogP contribution in [-0.4, -0.2) is 30.6 Å². The molecule has 0 spiro atoms. The number of nitro groups is 1. The Morgan fingerprint density at radius 2 is 2.33 bits per heavy atom. The number of methoxy groups -OCH3 is 1. The average Bonchev–Trinajstić information content (AvgIpc) is 2.30. The third-order valence-corrected chi connectivity index (χ3v) is 2.20. The number of carbonyl (C=O) groups is 1. The normalized spacial score (nSPS) is 11.9. The standard InChI is InChI=1S/C10H12FN3O4/c1-18-9(5-12)10(15)13-7-4-6(11)2-3-8(7)14(16)17/h2-4,9H,5,12H2,1H3,(H,13,15). The molecule has 98 valence electrons. The van der Waals surface area contributed by atoms with Gasteiger partial charge in [-0.15, -0.1) is 0 Å². The molecule has 0 aliphatic carbocycles. The number of nitrogens with zero attached hydrogens (tertiary/aromatic N) is 1. The Bertz CT molecular complexity index is 462. The first-order valence-electron chi connectivity index (χ1n) is 4.97. The van der Waals surface area contributed by atoms with Gasteiger partial charge in [0, 0.05) is 25.8 Å². The number of hydrogen-bond donors (Lipinski definition) is 2. The lowest BCUT2D eigenvalue weighted by atomic mass is 10.2. The highest BCUT2D eigenvalue weighted by molar-refractivity contribution is 5.96. The Hall–Kier alpha value is -2.06.